The minimum absolute atomic E-state index is 0.288. The van der Waals surface area contributed by atoms with E-state index < -0.39 is 0 Å². The van der Waals surface area contributed by atoms with Crippen LogP contribution < -0.4 is 11.1 Å². The normalized spacial score (nSPS) is 10.4. The molecule has 0 aliphatic carbocycles. The van der Waals surface area contributed by atoms with E-state index >= 15 is 0 Å². The third-order valence-corrected chi connectivity index (χ3v) is 4.38. The fraction of sp³-hybridized carbons (Fsp3) is 0. The van der Waals surface area contributed by atoms with E-state index in [1.54, 1.807) is 24.4 Å². The van der Waals surface area contributed by atoms with E-state index in [0.717, 1.165) is 22.1 Å². The number of terminal acetylenes is 1. The first-order valence-electron chi connectivity index (χ1n) is 8.64. The van der Waals surface area contributed by atoms with E-state index in [4.69, 9.17) is 12.2 Å². The molecule has 3 N–H and O–H groups in total. The van der Waals surface area contributed by atoms with E-state index in [0.29, 0.717) is 22.7 Å². The van der Waals surface area contributed by atoms with Gasteiger partial charge in [0.25, 0.3) is 5.91 Å². The second kappa shape index (κ2) is 7.22. The summed E-state index contributed by atoms with van der Waals surface area (Å²) in [6.07, 6.45) is 7.05. The number of hydrogen-bond acceptors (Lipinski definition) is 4. The number of carbonyl (C=O) groups is 1. The fourth-order valence-electron chi connectivity index (χ4n) is 2.92. The highest BCUT2D eigenvalue weighted by molar-refractivity contribution is 6.05. The van der Waals surface area contributed by atoms with Crippen molar-refractivity contribution >= 4 is 28.4 Å². The molecule has 2 heterocycles. The van der Waals surface area contributed by atoms with Gasteiger partial charge in [-0.05, 0) is 54.1 Å². The summed E-state index contributed by atoms with van der Waals surface area (Å²) in [5.74, 6) is 2.73. The Morgan fingerprint density at radius 3 is 2.61 bits per heavy atom. The van der Waals surface area contributed by atoms with Crippen LogP contribution in [0.2, 0.25) is 0 Å². The van der Waals surface area contributed by atoms with E-state index in [2.05, 4.69) is 21.2 Å². The van der Waals surface area contributed by atoms with Gasteiger partial charge in [0.2, 0.25) is 0 Å². The smallest absolute Gasteiger partial charge is 0.256 e. The number of carbonyl (C=O) groups excluding carboxylic acids is 1. The van der Waals surface area contributed by atoms with Gasteiger partial charge < -0.3 is 11.1 Å². The first-order valence-corrected chi connectivity index (χ1v) is 8.64. The van der Waals surface area contributed by atoms with Crippen LogP contribution in [0, 0.1) is 12.3 Å². The highest BCUT2D eigenvalue weighted by Crippen LogP contribution is 2.27. The van der Waals surface area contributed by atoms with Crippen LogP contribution in [0.15, 0.2) is 72.9 Å². The van der Waals surface area contributed by atoms with Gasteiger partial charge in [0.15, 0.2) is 5.65 Å². The zero-order valence-electron chi connectivity index (χ0n) is 14.9. The number of pyridine rings is 2. The molecule has 0 fully saturated rings. The average molecular weight is 364 g/mol. The van der Waals surface area contributed by atoms with Crippen molar-refractivity contribution in [1.29, 1.82) is 0 Å². The fourth-order valence-corrected chi connectivity index (χ4v) is 2.92. The van der Waals surface area contributed by atoms with Crippen LogP contribution in [0.1, 0.15) is 15.9 Å². The standard InChI is InChI=1S/C23H16N4O/c1-2-15-5-7-16(8-6-15)19-11-9-18(14-20(19)24)23(28)27-21-12-10-17-4-3-13-25-22(17)26-21/h1,3-14H,24H2,(H,25,26,27,28). The molecule has 0 atom stereocenters. The molecule has 0 spiro atoms. The van der Waals surface area contributed by atoms with Gasteiger partial charge in [-0.2, -0.15) is 0 Å². The molecule has 5 nitrogen and oxygen atoms in total. The lowest BCUT2D eigenvalue weighted by molar-refractivity contribution is 0.102. The number of benzene rings is 2. The van der Waals surface area contributed by atoms with Crippen LogP contribution in [-0.4, -0.2) is 15.9 Å². The van der Waals surface area contributed by atoms with Gasteiger partial charge >= 0.3 is 0 Å². The Kier molecular flexibility index (Phi) is 4.45. The molecule has 0 saturated carbocycles. The molecule has 0 radical (unpaired) electrons. The zero-order chi connectivity index (χ0) is 19.5. The van der Waals surface area contributed by atoms with Crippen LogP contribution in [0.4, 0.5) is 11.5 Å². The van der Waals surface area contributed by atoms with Gasteiger partial charge in [-0.25, -0.2) is 9.97 Å². The van der Waals surface area contributed by atoms with Crippen molar-refractivity contribution in [2.45, 2.75) is 0 Å². The maximum absolute atomic E-state index is 12.6. The summed E-state index contributed by atoms with van der Waals surface area (Å²) in [5, 5.41) is 3.69. The molecule has 2 aromatic carbocycles. The number of hydrogen-bond donors (Lipinski definition) is 2. The van der Waals surface area contributed by atoms with Gasteiger partial charge in [-0.1, -0.05) is 24.1 Å². The van der Waals surface area contributed by atoms with Gasteiger partial charge in [0.1, 0.15) is 5.82 Å². The maximum Gasteiger partial charge on any atom is 0.256 e. The highest BCUT2D eigenvalue weighted by atomic mass is 16.1. The number of anilines is 2. The molecule has 2 aromatic heterocycles. The number of nitrogens with two attached hydrogens (primary N) is 1. The van der Waals surface area contributed by atoms with Crippen LogP contribution in [-0.2, 0) is 0 Å². The lowest BCUT2D eigenvalue weighted by Crippen LogP contribution is -2.13. The van der Waals surface area contributed by atoms with Gasteiger partial charge in [0.05, 0.1) is 0 Å². The van der Waals surface area contributed by atoms with Gasteiger partial charge in [0, 0.05) is 34.0 Å². The molecule has 5 heteroatoms. The minimum Gasteiger partial charge on any atom is -0.398 e. The Morgan fingerprint density at radius 1 is 1.04 bits per heavy atom. The Morgan fingerprint density at radius 2 is 1.86 bits per heavy atom. The molecule has 0 aliphatic heterocycles. The summed E-state index contributed by atoms with van der Waals surface area (Å²) >= 11 is 0. The topological polar surface area (TPSA) is 80.9 Å². The second-order valence-corrected chi connectivity index (χ2v) is 6.22. The van der Waals surface area contributed by atoms with Crippen molar-refractivity contribution in [1.82, 2.24) is 9.97 Å². The van der Waals surface area contributed by atoms with E-state index in [1.807, 2.05) is 48.5 Å². The second-order valence-electron chi connectivity index (χ2n) is 6.22. The van der Waals surface area contributed by atoms with E-state index in [-0.39, 0.29) is 5.91 Å². The van der Waals surface area contributed by atoms with Crippen LogP contribution >= 0.6 is 0 Å². The molecule has 4 rings (SSSR count). The van der Waals surface area contributed by atoms with Crippen LogP contribution in [0.25, 0.3) is 22.2 Å². The van der Waals surface area contributed by atoms with Crippen molar-refractivity contribution in [3.8, 4) is 23.5 Å². The van der Waals surface area contributed by atoms with E-state index in [1.165, 1.54) is 0 Å². The Balaban J connectivity index is 1.57. The Hall–Kier alpha value is -4.17. The SMILES string of the molecule is C#Cc1ccc(-c2ccc(C(=O)Nc3ccc4cccnc4n3)cc2N)cc1. The monoisotopic (exact) mass is 364 g/mol. The molecule has 1 amide bonds. The first-order chi connectivity index (χ1) is 13.6. The molecule has 134 valence electrons. The summed E-state index contributed by atoms with van der Waals surface area (Å²) < 4.78 is 0. The molecule has 0 unspecified atom stereocenters. The summed E-state index contributed by atoms with van der Waals surface area (Å²) in [4.78, 5) is 21.1. The molecular weight excluding hydrogens is 348 g/mol. The van der Waals surface area contributed by atoms with Crippen molar-refractivity contribution in [3.05, 3.63) is 84.1 Å². The number of nitrogen functional groups attached to an aromatic ring is 1. The lowest BCUT2D eigenvalue weighted by Gasteiger charge is -2.10. The molecule has 28 heavy (non-hydrogen) atoms. The lowest BCUT2D eigenvalue weighted by atomic mass is 10.0. The Labute approximate surface area is 162 Å². The van der Waals surface area contributed by atoms with Gasteiger partial charge in [-0.15, -0.1) is 6.42 Å². The number of nitrogens with one attached hydrogen (secondary N) is 1. The molecule has 0 saturated heterocycles. The number of amides is 1. The predicted molar refractivity (Wildman–Crippen MR) is 112 cm³/mol. The molecule has 0 aliphatic rings. The number of fused-ring (bicyclic) bond motifs is 1. The zero-order valence-corrected chi connectivity index (χ0v) is 14.9. The largest absolute Gasteiger partial charge is 0.398 e. The minimum atomic E-state index is -0.288. The summed E-state index contributed by atoms with van der Waals surface area (Å²) in [6.45, 7) is 0. The van der Waals surface area contributed by atoms with Crippen molar-refractivity contribution in [3.63, 3.8) is 0 Å². The number of aromatic nitrogens is 2. The van der Waals surface area contributed by atoms with Crippen LogP contribution in [0.3, 0.4) is 0 Å². The van der Waals surface area contributed by atoms with Crippen molar-refractivity contribution in [2.24, 2.45) is 0 Å². The molecule has 0 bridgehead atoms. The predicted octanol–water partition coefficient (Wildman–Crippen LogP) is 4.11. The maximum atomic E-state index is 12.6. The van der Waals surface area contributed by atoms with Crippen molar-refractivity contribution < 1.29 is 4.79 Å². The highest BCUT2D eigenvalue weighted by Gasteiger charge is 2.11. The molecule has 4 aromatic rings. The third kappa shape index (κ3) is 3.39. The number of nitrogens with zero attached hydrogens (tertiary/aromatic N) is 2. The average Bonchev–Trinajstić information content (AvgIpc) is 2.73. The summed E-state index contributed by atoms with van der Waals surface area (Å²) in [5.41, 5.74) is 10.3. The summed E-state index contributed by atoms with van der Waals surface area (Å²) in [7, 11) is 0. The van der Waals surface area contributed by atoms with E-state index in [9.17, 15) is 4.79 Å². The molecular formula is C23H16N4O. The quantitative estimate of drug-likeness (QED) is 0.423. The summed E-state index contributed by atoms with van der Waals surface area (Å²) in [6, 6.07) is 20.1. The van der Waals surface area contributed by atoms with Crippen LogP contribution in [0.5, 0.6) is 0 Å². The number of rotatable bonds is 3. The van der Waals surface area contributed by atoms with Crippen molar-refractivity contribution in [2.75, 3.05) is 11.1 Å². The third-order valence-electron chi connectivity index (χ3n) is 4.38. The first kappa shape index (κ1) is 17.3. The van der Waals surface area contributed by atoms with Gasteiger partial charge in [-0.3, -0.25) is 4.79 Å². The Bertz CT molecular complexity index is 1220.